The molecule has 6 heteroatoms. The van der Waals surface area contributed by atoms with Gasteiger partial charge in [0.2, 0.25) is 5.91 Å². The van der Waals surface area contributed by atoms with Crippen LogP contribution in [0.25, 0.3) is 0 Å². The van der Waals surface area contributed by atoms with E-state index in [-0.39, 0.29) is 25.0 Å². The third kappa shape index (κ3) is 3.48. The van der Waals surface area contributed by atoms with E-state index in [1.165, 1.54) is 0 Å². The maximum absolute atomic E-state index is 12.3. The maximum Gasteiger partial charge on any atom is 0.331 e. The Hall–Kier alpha value is -3.02. The summed E-state index contributed by atoms with van der Waals surface area (Å²) in [5.74, 6) is 0.631. The lowest BCUT2D eigenvalue weighted by Gasteiger charge is -2.29. The second kappa shape index (κ2) is 6.62. The number of esters is 1. The summed E-state index contributed by atoms with van der Waals surface area (Å²) in [6, 6.07) is 12.6. The largest absolute Gasteiger partial charge is 0.497 e. The van der Waals surface area contributed by atoms with Crippen molar-refractivity contribution in [3.05, 3.63) is 48.0 Å². The van der Waals surface area contributed by atoms with E-state index >= 15 is 0 Å². The number of nitrogens with one attached hydrogen (secondary N) is 1. The number of benzene rings is 2. The minimum atomic E-state index is -0.370. The van der Waals surface area contributed by atoms with E-state index in [2.05, 4.69) is 5.32 Å². The summed E-state index contributed by atoms with van der Waals surface area (Å²) in [5.41, 5.74) is 2.40. The summed E-state index contributed by atoms with van der Waals surface area (Å²) in [6.07, 6.45) is 0. The highest BCUT2D eigenvalue weighted by atomic mass is 16.5. The molecule has 0 aliphatic carbocycles. The van der Waals surface area contributed by atoms with Crippen LogP contribution in [0.1, 0.15) is 5.56 Å². The second-order valence-electron chi connectivity index (χ2n) is 5.58. The van der Waals surface area contributed by atoms with Crippen LogP contribution >= 0.6 is 0 Å². The predicted octanol–water partition coefficient (Wildman–Crippen LogP) is 2.37. The summed E-state index contributed by atoms with van der Waals surface area (Å²) in [7, 11) is 1.59. The van der Waals surface area contributed by atoms with Crippen LogP contribution in [0.3, 0.4) is 0 Å². The van der Waals surface area contributed by atoms with Crippen molar-refractivity contribution in [2.75, 3.05) is 30.4 Å². The quantitative estimate of drug-likeness (QED) is 0.690. The molecule has 3 rings (SSSR count). The monoisotopic (exact) mass is 326 g/mol. The zero-order chi connectivity index (χ0) is 17.1. The lowest BCUT2D eigenvalue weighted by atomic mass is 10.1. The fourth-order valence-electron chi connectivity index (χ4n) is 2.55. The van der Waals surface area contributed by atoms with Gasteiger partial charge in [0, 0.05) is 5.69 Å². The highest BCUT2D eigenvalue weighted by molar-refractivity contribution is 5.96. The number of fused-ring (bicyclic) bond motifs is 1. The van der Waals surface area contributed by atoms with Gasteiger partial charge in [-0.25, -0.2) is 4.79 Å². The molecule has 24 heavy (non-hydrogen) atoms. The zero-order valence-corrected chi connectivity index (χ0v) is 13.5. The summed E-state index contributed by atoms with van der Waals surface area (Å²) in [5, 5.41) is 2.81. The Labute approximate surface area is 140 Å². The Bertz CT molecular complexity index is 771. The third-order valence-electron chi connectivity index (χ3n) is 3.71. The van der Waals surface area contributed by atoms with Crippen molar-refractivity contribution in [3.63, 3.8) is 0 Å². The molecule has 0 atom stereocenters. The van der Waals surface area contributed by atoms with Gasteiger partial charge in [-0.05, 0) is 48.9 Å². The van der Waals surface area contributed by atoms with Crippen molar-refractivity contribution in [1.82, 2.24) is 0 Å². The Kier molecular flexibility index (Phi) is 4.37. The Morgan fingerprint density at radius 1 is 1.25 bits per heavy atom. The van der Waals surface area contributed by atoms with E-state index in [9.17, 15) is 9.59 Å². The minimum Gasteiger partial charge on any atom is -0.497 e. The first-order valence-electron chi connectivity index (χ1n) is 7.55. The topological polar surface area (TPSA) is 67.9 Å². The molecule has 0 saturated carbocycles. The number of carbonyl (C=O) groups is 2. The molecule has 0 radical (unpaired) electrons. The number of hydrogen-bond acceptors (Lipinski definition) is 5. The van der Waals surface area contributed by atoms with Crippen LogP contribution in [0.15, 0.2) is 42.5 Å². The standard InChI is InChI=1S/C18H18N2O4/c1-12-3-8-15-16(9-12)24-18(22)11-20(15)10-17(21)19-13-4-6-14(23-2)7-5-13/h3-9H,10-11H2,1-2H3,(H,19,21). The summed E-state index contributed by atoms with van der Waals surface area (Å²) in [4.78, 5) is 25.7. The van der Waals surface area contributed by atoms with Gasteiger partial charge in [-0.2, -0.15) is 0 Å². The average molecular weight is 326 g/mol. The van der Waals surface area contributed by atoms with Gasteiger partial charge in [-0.3, -0.25) is 4.79 Å². The fourth-order valence-corrected chi connectivity index (χ4v) is 2.55. The van der Waals surface area contributed by atoms with Gasteiger partial charge in [0.15, 0.2) is 5.75 Å². The normalized spacial score (nSPS) is 13.1. The molecule has 124 valence electrons. The molecular weight excluding hydrogens is 308 g/mol. The minimum absolute atomic E-state index is 0.0477. The SMILES string of the molecule is COc1ccc(NC(=O)CN2CC(=O)Oc3cc(C)ccc32)cc1. The molecule has 0 aromatic heterocycles. The van der Waals surface area contributed by atoms with Crippen LogP contribution in [0.4, 0.5) is 11.4 Å². The number of anilines is 2. The van der Waals surface area contributed by atoms with E-state index in [0.717, 1.165) is 17.0 Å². The lowest BCUT2D eigenvalue weighted by molar-refractivity contribution is -0.133. The van der Waals surface area contributed by atoms with Gasteiger partial charge < -0.3 is 19.7 Å². The predicted molar refractivity (Wildman–Crippen MR) is 90.7 cm³/mol. The first-order valence-corrected chi connectivity index (χ1v) is 7.55. The van der Waals surface area contributed by atoms with Gasteiger partial charge in [-0.15, -0.1) is 0 Å². The molecule has 0 unspecified atom stereocenters. The van der Waals surface area contributed by atoms with E-state index in [1.54, 1.807) is 42.3 Å². The summed E-state index contributed by atoms with van der Waals surface area (Å²) in [6.45, 7) is 2.03. The molecule has 1 aliphatic rings. The molecule has 1 N–H and O–H groups in total. The Morgan fingerprint density at radius 3 is 2.71 bits per heavy atom. The second-order valence-corrected chi connectivity index (χ2v) is 5.58. The smallest absolute Gasteiger partial charge is 0.331 e. The van der Waals surface area contributed by atoms with Crippen molar-refractivity contribution in [1.29, 1.82) is 0 Å². The van der Waals surface area contributed by atoms with Crippen molar-refractivity contribution < 1.29 is 19.1 Å². The highest BCUT2D eigenvalue weighted by Gasteiger charge is 2.25. The Morgan fingerprint density at radius 2 is 2.00 bits per heavy atom. The van der Waals surface area contributed by atoms with Gasteiger partial charge in [-0.1, -0.05) is 6.07 Å². The molecule has 1 amide bonds. The van der Waals surface area contributed by atoms with Gasteiger partial charge in [0.05, 0.1) is 19.3 Å². The Balaban J connectivity index is 1.71. The first-order chi connectivity index (χ1) is 11.5. The van der Waals surface area contributed by atoms with Crippen LogP contribution in [0.2, 0.25) is 0 Å². The number of ether oxygens (including phenoxy) is 2. The van der Waals surface area contributed by atoms with E-state index in [1.807, 2.05) is 19.1 Å². The van der Waals surface area contributed by atoms with Crippen LogP contribution in [-0.4, -0.2) is 32.1 Å². The maximum atomic E-state index is 12.3. The van der Waals surface area contributed by atoms with Crippen LogP contribution in [0, 0.1) is 6.92 Å². The molecular formula is C18H18N2O4. The molecule has 2 aromatic carbocycles. The van der Waals surface area contributed by atoms with Crippen molar-refractivity contribution >= 4 is 23.3 Å². The van der Waals surface area contributed by atoms with Crippen molar-refractivity contribution in [2.45, 2.75) is 6.92 Å². The van der Waals surface area contributed by atoms with Gasteiger partial charge >= 0.3 is 5.97 Å². The fraction of sp³-hybridized carbons (Fsp3) is 0.222. The molecule has 0 fully saturated rings. The van der Waals surface area contributed by atoms with Crippen molar-refractivity contribution in [3.8, 4) is 11.5 Å². The first kappa shape index (κ1) is 15.9. The zero-order valence-electron chi connectivity index (χ0n) is 13.5. The van der Waals surface area contributed by atoms with Crippen LogP contribution < -0.4 is 19.7 Å². The lowest BCUT2D eigenvalue weighted by Crippen LogP contribution is -2.41. The number of methoxy groups -OCH3 is 1. The third-order valence-corrected chi connectivity index (χ3v) is 3.71. The van der Waals surface area contributed by atoms with E-state index in [0.29, 0.717) is 11.4 Å². The number of hydrogen-bond donors (Lipinski definition) is 1. The van der Waals surface area contributed by atoms with E-state index < -0.39 is 0 Å². The average Bonchev–Trinajstić information content (AvgIpc) is 2.54. The number of aryl methyl sites for hydroxylation is 1. The van der Waals surface area contributed by atoms with E-state index in [4.69, 9.17) is 9.47 Å². The van der Waals surface area contributed by atoms with Crippen LogP contribution in [0.5, 0.6) is 11.5 Å². The van der Waals surface area contributed by atoms with Crippen LogP contribution in [-0.2, 0) is 9.59 Å². The summed E-state index contributed by atoms with van der Waals surface area (Å²) >= 11 is 0. The molecule has 1 heterocycles. The number of amides is 1. The molecule has 0 bridgehead atoms. The van der Waals surface area contributed by atoms with Crippen molar-refractivity contribution in [2.24, 2.45) is 0 Å². The molecule has 6 nitrogen and oxygen atoms in total. The molecule has 0 spiro atoms. The highest BCUT2D eigenvalue weighted by Crippen LogP contribution is 2.32. The van der Waals surface area contributed by atoms with Gasteiger partial charge in [0.25, 0.3) is 0 Å². The molecule has 1 aliphatic heterocycles. The number of rotatable bonds is 4. The number of nitrogens with zero attached hydrogens (tertiary/aromatic N) is 1. The molecule has 2 aromatic rings. The number of carbonyl (C=O) groups excluding carboxylic acids is 2. The molecule has 0 saturated heterocycles. The van der Waals surface area contributed by atoms with Gasteiger partial charge in [0.1, 0.15) is 12.3 Å². The summed E-state index contributed by atoms with van der Waals surface area (Å²) < 4.78 is 10.3.